The molecule has 1 fully saturated rings. The van der Waals surface area contributed by atoms with Gasteiger partial charge in [-0.1, -0.05) is 23.7 Å². The zero-order valence-corrected chi connectivity index (χ0v) is 10.4. The van der Waals surface area contributed by atoms with Crippen LogP contribution >= 0.6 is 11.6 Å². The lowest BCUT2D eigenvalue weighted by molar-refractivity contribution is 0.0765. The summed E-state index contributed by atoms with van der Waals surface area (Å²) in [4.78, 5) is 13.9. The Morgan fingerprint density at radius 1 is 1.59 bits per heavy atom. The highest BCUT2D eigenvalue weighted by molar-refractivity contribution is 6.34. The van der Waals surface area contributed by atoms with Crippen LogP contribution in [0.1, 0.15) is 28.8 Å². The molecule has 1 heterocycles. The van der Waals surface area contributed by atoms with Crippen LogP contribution < -0.4 is 0 Å². The van der Waals surface area contributed by atoms with E-state index in [-0.39, 0.29) is 11.9 Å². The van der Waals surface area contributed by atoms with Crippen molar-refractivity contribution in [2.45, 2.75) is 25.8 Å². The van der Waals surface area contributed by atoms with Crippen molar-refractivity contribution in [2.75, 3.05) is 6.54 Å². The number of aryl methyl sites for hydroxylation is 1. The number of carbonyl (C=O) groups excluding carboxylic acids is 1. The lowest BCUT2D eigenvalue weighted by Crippen LogP contribution is -2.34. The van der Waals surface area contributed by atoms with Gasteiger partial charge in [-0.2, -0.15) is 5.26 Å². The Kier molecular flexibility index (Phi) is 3.35. The number of hydrogen-bond donors (Lipinski definition) is 0. The molecule has 1 unspecified atom stereocenters. The molecule has 1 aliphatic heterocycles. The Morgan fingerprint density at radius 2 is 2.35 bits per heavy atom. The molecule has 2 rings (SSSR count). The molecular weight excluding hydrogens is 236 g/mol. The monoisotopic (exact) mass is 248 g/mol. The standard InChI is InChI=1S/C13H13ClN2O/c1-9-4-2-6-11(12(9)14)13(17)16-7-3-5-10(16)8-15/h2,4,6,10H,3,5,7H2,1H3. The van der Waals surface area contributed by atoms with Gasteiger partial charge in [0.05, 0.1) is 16.7 Å². The van der Waals surface area contributed by atoms with E-state index in [1.165, 1.54) is 0 Å². The van der Waals surface area contributed by atoms with Crippen molar-refractivity contribution >= 4 is 17.5 Å². The molecule has 4 heteroatoms. The second kappa shape index (κ2) is 4.77. The first kappa shape index (κ1) is 11.9. The number of rotatable bonds is 1. The fourth-order valence-corrected chi connectivity index (χ4v) is 2.32. The minimum Gasteiger partial charge on any atom is -0.323 e. The highest BCUT2D eigenvalue weighted by Gasteiger charge is 2.30. The topological polar surface area (TPSA) is 44.1 Å². The van der Waals surface area contributed by atoms with Gasteiger partial charge in [-0.05, 0) is 31.4 Å². The summed E-state index contributed by atoms with van der Waals surface area (Å²) in [7, 11) is 0. The van der Waals surface area contributed by atoms with Crippen molar-refractivity contribution in [3.05, 3.63) is 34.3 Å². The average molecular weight is 249 g/mol. The molecule has 88 valence electrons. The molecule has 3 nitrogen and oxygen atoms in total. The summed E-state index contributed by atoms with van der Waals surface area (Å²) in [5, 5.41) is 9.47. The normalized spacial score (nSPS) is 19.1. The summed E-state index contributed by atoms with van der Waals surface area (Å²) in [6, 6.07) is 7.24. The summed E-state index contributed by atoms with van der Waals surface area (Å²) in [6.07, 6.45) is 1.64. The Morgan fingerprint density at radius 3 is 3.06 bits per heavy atom. The van der Waals surface area contributed by atoms with Gasteiger partial charge in [0, 0.05) is 6.54 Å². The van der Waals surface area contributed by atoms with Crippen molar-refractivity contribution < 1.29 is 4.79 Å². The Bertz CT molecular complexity index is 493. The van der Waals surface area contributed by atoms with E-state index in [0.717, 1.165) is 18.4 Å². The van der Waals surface area contributed by atoms with Gasteiger partial charge in [0.25, 0.3) is 5.91 Å². The molecule has 1 saturated heterocycles. The van der Waals surface area contributed by atoms with E-state index in [9.17, 15) is 4.79 Å². The summed E-state index contributed by atoms with van der Waals surface area (Å²) in [5.41, 5.74) is 1.37. The highest BCUT2D eigenvalue weighted by Crippen LogP contribution is 2.25. The molecule has 17 heavy (non-hydrogen) atoms. The van der Waals surface area contributed by atoms with Gasteiger partial charge in [0.2, 0.25) is 0 Å². The second-order valence-electron chi connectivity index (χ2n) is 4.22. The summed E-state index contributed by atoms with van der Waals surface area (Å²) in [5.74, 6) is -0.136. The summed E-state index contributed by atoms with van der Waals surface area (Å²) >= 11 is 6.13. The van der Waals surface area contributed by atoms with Crippen LogP contribution in [0.15, 0.2) is 18.2 Å². The molecule has 0 radical (unpaired) electrons. The van der Waals surface area contributed by atoms with Crippen molar-refractivity contribution in [2.24, 2.45) is 0 Å². The van der Waals surface area contributed by atoms with Crippen LogP contribution in [0.5, 0.6) is 0 Å². The molecular formula is C13H13ClN2O. The number of hydrogen-bond acceptors (Lipinski definition) is 2. The third-order valence-corrected chi connectivity index (χ3v) is 3.59. The number of halogens is 1. The lowest BCUT2D eigenvalue weighted by atomic mass is 10.1. The largest absolute Gasteiger partial charge is 0.323 e. The van der Waals surface area contributed by atoms with E-state index in [2.05, 4.69) is 6.07 Å². The van der Waals surface area contributed by atoms with E-state index in [1.807, 2.05) is 19.1 Å². The van der Waals surface area contributed by atoms with Gasteiger partial charge >= 0.3 is 0 Å². The average Bonchev–Trinajstić information content (AvgIpc) is 2.80. The van der Waals surface area contributed by atoms with Crippen molar-refractivity contribution in [3.8, 4) is 6.07 Å². The molecule has 1 aliphatic rings. The van der Waals surface area contributed by atoms with Crippen molar-refractivity contribution in [1.82, 2.24) is 4.90 Å². The zero-order chi connectivity index (χ0) is 12.4. The van der Waals surface area contributed by atoms with Gasteiger partial charge in [-0.25, -0.2) is 0 Å². The van der Waals surface area contributed by atoms with Crippen LogP contribution in [0.2, 0.25) is 5.02 Å². The number of nitrogens with zero attached hydrogens (tertiary/aromatic N) is 2. The van der Waals surface area contributed by atoms with Crippen molar-refractivity contribution in [3.63, 3.8) is 0 Å². The molecule has 1 amide bonds. The van der Waals surface area contributed by atoms with Gasteiger partial charge in [0.1, 0.15) is 6.04 Å². The predicted molar refractivity (Wildman–Crippen MR) is 65.9 cm³/mol. The van der Waals surface area contributed by atoms with E-state index in [4.69, 9.17) is 16.9 Å². The number of amides is 1. The molecule has 0 N–H and O–H groups in total. The zero-order valence-electron chi connectivity index (χ0n) is 9.61. The second-order valence-corrected chi connectivity index (χ2v) is 4.60. The van der Waals surface area contributed by atoms with Crippen molar-refractivity contribution in [1.29, 1.82) is 5.26 Å². The van der Waals surface area contributed by atoms with Crippen LogP contribution in [-0.2, 0) is 0 Å². The Balaban J connectivity index is 2.32. The fourth-order valence-electron chi connectivity index (χ4n) is 2.11. The molecule has 0 saturated carbocycles. The molecule has 0 bridgehead atoms. The Hall–Kier alpha value is -1.53. The molecule has 1 atom stereocenters. The third kappa shape index (κ3) is 2.13. The van der Waals surface area contributed by atoms with Crippen LogP contribution in [0.4, 0.5) is 0 Å². The van der Waals surface area contributed by atoms with Gasteiger partial charge < -0.3 is 4.90 Å². The Labute approximate surface area is 106 Å². The minimum atomic E-state index is -0.306. The number of nitriles is 1. The van der Waals surface area contributed by atoms with E-state index < -0.39 is 0 Å². The van der Waals surface area contributed by atoms with Gasteiger partial charge in [-0.15, -0.1) is 0 Å². The maximum atomic E-state index is 12.3. The fraction of sp³-hybridized carbons (Fsp3) is 0.385. The van der Waals surface area contributed by atoms with Crippen LogP contribution in [0.25, 0.3) is 0 Å². The van der Waals surface area contributed by atoms with E-state index >= 15 is 0 Å². The molecule has 0 spiro atoms. The minimum absolute atomic E-state index is 0.136. The predicted octanol–water partition coefficient (Wildman–Crippen LogP) is 2.78. The van der Waals surface area contributed by atoms with Gasteiger partial charge in [0.15, 0.2) is 0 Å². The summed E-state index contributed by atoms with van der Waals surface area (Å²) in [6.45, 7) is 2.51. The quantitative estimate of drug-likeness (QED) is 0.767. The van der Waals surface area contributed by atoms with E-state index in [1.54, 1.807) is 11.0 Å². The number of benzene rings is 1. The molecule has 0 aliphatic carbocycles. The first-order valence-corrected chi connectivity index (χ1v) is 5.98. The first-order valence-electron chi connectivity index (χ1n) is 5.61. The molecule has 0 aromatic heterocycles. The third-order valence-electron chi connectivity index (χ3n) is 3.08. The van der Waals surface area contributed by atoms with Crippen LogP contribution in [-0.4, -0.2) is 23.4 Å². The first-order chi connectivity index (χ1) is 8.15. The maximum absolute atomic E-state index is 12.3. The molecule has 1 aromatic rings. The highest BCUT2D eigenvalue weighted by atomic mass is 35.5. The van der Waals surface area contributed by atoms with Gasteiger partial charge in [-0.3, -0.25) is 4.79 Å². The summed E-state index contributed by atoms with van der Waals surface area (Å²) < 4.78 is 0. The maximum Gasteiger partial charge on any atom is 0.256 e. The van der Waals surface area contributed by atoms with E-state index in [0.29, 0.717) is 17.1 Å². The van der Waals surface area contributed by atoms with Crippen LogP contribution in [0, 0.1) is 18.3 Å². The lowest BCUT2D eigenvalue weighted by Gasteiger charge is -2.20. The molecule has 1 aromatic carbocycles. The van der Waals surface area contributed by atoms with Crippen LogP contribution in [0.3, 0.4) is 0 Å². The number of carbonyl (C=O) groups is 1. The number of likely N-dealkylation sites (tertiary alicyclic amines) is 1. The smallest absolute Gasteiger partial charge is 0.256 e. The SMILES string of the molecule is Cc1cccc(C(=O)N2CCCC2C#N)c1Cl.